The summed E-state index contributed by atoms with van der Waals surface area (Å²) in [6.45, 7) is 1.92. The van der Waals surface area contributed by atoms with Crippen LogP contribution in [0.3, 0.4) is 0 Å². The Bertz CT molecular complexity index is 683. The predicted molar refractivity (Wildman–Crippen MR) is 81.2 cm³/mol. The van der Waals surface area contributed by atoms with E-state index in [4.69, 9.17) is 0 Å². The molecule has 0 saturated heterocycles. The largest absolute Gasteiger partial charge is 0.416 e. The van der Waals surface area contributed by atoms with Gasteiger partial charge in [-0.25, -0.2) is 0 Å². The molecular weight excluding hydrogens is 394 g/mol. The molecule has 0 radical (unpaired) electrons. The molecule has 1 heterocycles. The van der Waals surface area contributed by atoms with Crippen molar-refractivity contribution in [2.45, 2.75) is 19.5 Å². The molecule has 2 rings (SSSR count). The summed E-state index contributed by atoms with van der Waals surface area (Å²) >= 11 is 2.11. The molecule has 0 aliphatic heterocycles. The second-order valence-electron chi connectivity index (χ2n) is 4.60. The van der Waals surface area contributed by atoms with E-state index in [0.717, 1.165) is 27.5 Å². The molecule has 2 aromatic rings. The number of aromatic nitrogens is 1. The second-order valence-corrected chi connectivity index (χ2v) is 5.76. The lowest BCUT2D eigenvalue weighted by Gasteiger charge is -2.08. The van der Waals surface area contributed by atoms with Crippen molar-refractivity contribution >= 4 is 28.4 Å². The van der Waals surface area contributed by atoms with Crippen LogP contribution in [0.15, 0.2) is 36.5 Å². The van der Waals surface area contributed by atoms with Gasteiger partial charge in [0.05, 0.1) is 12.0 Å². The number of carbonyl (C=O) groups is 1. The highest BCUT2D eigenvalue weighted by atomic mass is 127. The van der Waals surface area contributed by atoms with Crippen molar-refractivity contribution in [1.29, 1.82) is 0 Å². The molecular formula is C15H11F3INO. The normalized spacial score (nSPS) is 11.5. The van der Waals surface area contributed by atoms with E-state index in [2.05, 4.69) is 27.6 Å². The first kappa shape index (κ1) is 15.9. The molecule has 0 unspecified atom stereocenters. The van der Waals surface area contributed by atoms with Crippen LogP contribution < -0.4 is 0 Å². The van der Waals surface area contributed by atoms with Crippen LogP contribution in [-0.4, -0.2) is 10.8 Å². The quantitative estimate of drug-likeness (QED) is 0.559. The van der Waals surface area contributed by atoms with Gasteiger partial charge in [-0.05, 0) is 53.3 Å². The molecule has 6 heteroatoms. The lowest BCUT2D eigenvalue weighted by atomic mass is 10.0. The van der Waals surface area contributed by atoms with Crippen molar-refractivity contribution in [2.75, 3.05) is 0 Å². The Morgan fingerprint density at radius 1 is 1.24 bits per heavy atom. The zero-order chi connectivity index (χ0) is 15.6. The number of ketones is 1. The van der Waals surface area contributed by atoms with Gasteiger partial charge in [-0.2, -0.15) is 13.2 Å². The third kappa shape index (κ3) is 4.03. The minimum Gasteiger partial charge on any atom is -0.294 e. The van der Waals surface area contributed by atoms with Gasteiger partial charge < -0.3 is 0 Å². The van der Waals surface area contributed by atoms with Gasteiger partial charge in [0.1, 0.15) is 0 Å². The summed E-state index contributed by atoms with van der Waals surface area (Å²) in [5, 5.41) is 0. The monoisotopic (exact) mass is 405 g/mol. The van der Waals surface area contributed by atoms with E-state index in [9.17, 15) is 18.0 Å². The zero-order valence-corrected chi connectivity index (χ0v) is 13.2. The molecule has 0 fully saturated rings. The van der Waals surface area contributed by atoms with E-state index < -0.39 is 11.7 Å². The molecule has 0 bridgehead atoms. The summed E-state index contributed by atoms with van der Waals surface area (Å²) < 4.78 is 38.8. The van der Waals surface area contributed by atoms with Crippen molar-refractivity contribution in [2.24, 2.45) is 0 Å². The van der Waals surface area contributed by atoms with Crippen LogP contribution in [0.25, 0.3) is 0 Å². The van der Waals surface area contributed by atoms with Crippen LogP contribution in [-0.2, 0) is 12.6 Å². The molecule has 21 heavy (non-hydrogen) atoms. The molecule has 0 N–H and O–H groups in total. The highest BCUT2D eigenvalue weighted by Crippen LogP contribution is 2.29. The van der Waals surface area contributed by atoms with E-state index in [1.54, 1.807) is 12.1 Å². The molecule has 0 spiro atoms. The van der Waals surface area contributed by atoms with Gasteiger partial charge >= 0.3 is 6.18 Å². The standard InChI is InChI=1S/C15H11F3INO/c1-9-2-3-10(6-13(9)19)14(21)8-12-7-11(4-5-20-12)15(16,17)18/h2-7H,8H2,1H3. The summed E-state index contributed by atoms with van der Waals surface area (Å²) in [5.74, 6) is -0.250. The van der Waals surface area contributed by atoms with Crippen molar-refractivity contribution < 1.29 is 18.0 Å². The molecule has 0 aliphatic rings. The summed E-state index contributed by atoms with van der Waals surface area (Å²) in [6, 6.07) is 7.02. The Labute approximate surface area is 133 Å². The number of pyridine rings is 1. The first-order valence-electron chi connectivity index (χ1n) is 6.09. The number of benzene rings is 1. The average molecular weight is 405 g/mol. The minimum absolute atomic E-state index is 0.116. The van der Waals surface area contributed by atoms with E-state index in [1.165, 1.54) is 0 Å². The van der Waals surface area contributed by atoms with Gasteiger partial charge in [0.2, 0.25) is 0 Å². The molecule has 0 atom stereocenters. The fourth-order valence-corrected chi connectivity index (χ4v) is 2.30. The third-order valence-electron chi connectivity index (χ3n) is 2.98. The van der Waals surface area contributed by atoms with Crippen molar-refractivity contribution in [3.05, 3.63) is 62.5 Å². The maximum absolute atomic E-state index is 12.6. The van der Waals surface area contributed by atoms with Crippen molar-refractivity contribution in [3.63, 3.8) is 0 Å². The topological polar surface area (TPSA) is 30.0 Å². The SMILES string of the molecule is Cc1ccc(C(=O)Cc2cc(C(F)(F)F)ccn2)cc1I. The van der Waals surface area contributed by atoms with Crippen LogP contribution in [0.2, 0.25) is 0 Å². The number of rotatable bonds is 3. The molecule has 1 aromatic heterocycles. The highest BCUT2D eigenvalue weighted by Gasteiger charge is 2.30. The van der Waals surface area contributed by atoms with Crippen LogP contribution in [0.4, 0.5) is 13.2 Å². The minimum atomic E-state index is -4.43. The maximum Gasteiger partial charge on any atom is 0.416 e. The van der Waals surface area contributed by atoms with Crippen LogP contribution in [0, 0.1) is 10.5 Å². The Morgan fingerprint density at radius 2 is 1.95 bits per heavy atom. The Hall–Kier alpha value is -1.44. The van der Waals surface area contributed by atoms with Crippen LogP contribution >= 0.6 is 22.6 Å². The second kappa shape index (κ2) is 6.13. The first-order valence-corrected chi connectivity index (χ1v) is 7.17. The molecule has 110 valence electrons. The predicted octanol–water partition coefficient (Wildman–Crippen LogP) is 4.44. The van der Waals surface area contributed by atoms with Crippen LogP contribution in [0.5, 0.6) is 0 Å². The van der Waals surface area contributed by atoms with Crippen LogP contribution in [0.1, 0.15) is 27.2 Å². The number of hydrogen-bond acceptors (Lipinski definition) is 2. The maximum atomic E-state index is 12.6. The zero-order valence-electron chi connectivity index (χ0n) is 11.0. The van der Waals surface area contributed by atoms with Gasteiger partial charge in [0.25, 0.3) is 0 Å². The van der Waals surface area contributed by atoms with Gasteiger partial charge in [0, 0.05) is 21.0 Å². The number of halogens is 4. The van der Waals surface area contributed by atoms with Crippen molar-refractivity contribution in [3.8, 4) is 0 Å². The molecule has 0 amide bonds. The first-order chi connectivity index (χ1) is 9.77. The van der Waals surface area contributed by atoms with Gasteiger partial charge in [0.15, 0.2) is 5.78 Å². The van der Waals surface area contributed by atoms with Crippen molar-refractivity contribution in [1.82, 2.24) is 4.98 Å². The van der Waals surface area contributed by atoms with Gasteiger partial charge in [-0.15, -0.1) is 0 Å². The fourth-order valence-electron chi connectivity index (χ4n) is 1.78. The Morgan fingerprint density at radius 3 is 2.57 bits per heavy atom. The average Bonchev–Trinajstić information content (AvgIpc) is 2.41. The fraction of sp³-hybridized carbons (Fsp3) is 0.200. The number of Topliss-reactive ketones (excluding diaryl/α,β-unsaturated/α-hetero) is 1. The number of aryl methyl sites for hydroxylation is 1. The van der Waals surface area contributed by atoms with Gasteiger partial charge in [-0.3, -0.25) is 9.78 Å². The Kier molecular flexibility index (Phi) is 4.65. The lowest BCUT2D eigenvalue weighted by Crippen LogP contribution is -2.09. The van der Waals surface area contributed by atoms with E-state index in [0.29, 0.717) is 5.56 Å². The smallest absolute Gasteiger partial charge is 0.294 e. The molecule has 0 saturated carbocycles. The summed E-state index contributed by atoms with van der Waals surface area (Å²) in [6.07, 6.45) is -3.51. The molecule has 1 aromatic carbocycles. The van der Waals surface area contributed by atoms with Gasteiger partial charge in [-0.1, -0.05) is 12.1 Å². The Balaban J connectivity index is 2.21. The van der Waals surface area contributed by atoms with E-state index in [1.807, 2.05) is 13.0 Å². The number of hydrogen-bond donors (Lipinski definition) is 0. The number of carbonyl (C=O) groups excluding carboxylic acids is 1. The number of alkyl halides is 3. The third-order valence-corrected chi connectivity index (χ3v) is 4.14. The van der Waals surface area contributed by atoms with E-state index >= 15 is 0 Å². The summed E-state index contributed by atoms with van der Waals surface area (Å²) in [7, 11) is 0. The highest BCUT2D eigenvalue weighted by molar-refractivity contribution is 14.1. The lowest BCUT2D eigenvalue weighted by molar-refractivity contribution is -0.137. The summed E-state index contributed by atoms with van der Waals surface area (Å²) in [4.78, 5) is 15.9. The molecule has 2 nitrogen and oxygen atoms in total. The number of nitrogens with zero attached hydrogens (tertiary/aromatic N) is 1. The summed E-state index contributed by atoms with van der Waals surface area (Å²) in [5.41, 5.74) is 0.845. The molecule has 0 aliphatic carbocycles. The van der Waals surface area contributed by atoms with E-state index in [-0.39, 0.29) is 17.9 Å².